The maximum Gasteiger partial charge on any atom is 0.435 e. The molecule has 2 heterocycles. The summed E-state index contributed by atoms with van der Waals surface area (Å²) in [5, 5.41) is 6.27. The molecule has 1 fully saturated rings. The summed E-state index contributed by atoms with van der Waals surface area (Å²) in [6.07, 6.45) is -5.61. The zero-order valence-electron chi connectivity index (χ0n) is 18.4. The van der Waals surface area contributed by atoms with Gasteiger partial charge in [0.05, 0.1) is 12.1 Å². The van der Waals surface area contributed by atoms with Crippen molar-refractivity contribution in [1.82, 2.24) is 10.2 Å². The number of imide groups is 1. The van der Waals surface area contributed by atoms with Gasteiger partial charge < -0.3 is 10.2 Å². The molecule has 3 amide bonds. The van der Waals surface area contributed by atoms with E-state index < -0.39 is 42.0 Å². The normalized spacial score (nSPS) is 22.3. The fraction of sp³-hybridized carbons (Fsp3) is 0.304. The van der Waals surface area contributed by atoms with Crippen LogP contribution < -0.4 is 5.32 Å². The van der Waals surface area contributed by atoms with Crippen molar-refractivity contribution in [1.29, 1.82) is 0 Å². The lowest BCUT2D eigenvalue weighted by atomic mass is 9.86. The van der Waals surface area contributed by atoms with E-state index in [1.165, 1.54) is 31.3 Å². The summed E-state index contributed by atoms with van der Waals surface area (Å²) in [7, 11) is 1.33. The highest BCUT2D eigenvalue weighted by molar-refractivity contribution is 6.34. The van der Waals surface area contributed by atoms with Crippen LogP contribution in [0, 0.1) is 6.92 Å². The van der Waals surface area contributed by atoms with Gasteiger partial charge in [-0.3, -0.25) is 19.3 Å². The van der Waals surface area contributed by atoms with Crippen LogP contribution in [0.3, 0.4) is 0 Å². The minimum Gasteiger partial charge on any atom is -0.374 e. The highest BCUT2D eigenvalue weighted by Gasteiger charge is 2.62. The number of nitrogens with zero attached hydrogens (tertiary/aromatic N) is 2. The highest BCUT2D eigenvalue weighted by atomic mass is 35.5. The van der Waals surface area contributed by atoms with Gasteiger partial charge in [-0.15, -0.1) is 0 Å². The van der Waals surface area contributed by atoms with E-state index in [1.807, 2.05) is 0 Å². The van der Waals surface area contributed by atoms with E-state index in [0.717, 1.165) is 17.0 Å². The summed E-state index contributed by atoms with van der Waals surface area (Å²) >= 11 is 11.8. The number of aryl methyl sites for hydroxylation is 1. The second kappa shape index (κ2) is 8.83. The number of hydrogen-bond donors (Lipinski definition) is 1. The number of halogens is 5. The topological polar surface area (TPSA) is 88.1 Å². The standard InChI is InChI=1S/C23H18Cl2F3N3O4/c1-11-5-12(3-4-16(11)20(33)29-17-9-19(32)31(2)21(17)34)18-10-22(35-30-18,23(26,27)28)13-6-14(24)8-15(25)7-13/h3-8,17H,9-10H2,1-2H3,(H,29,33)/t17-,22?/m1/s1. The average molecular weight is 528 g/mol. The molecular weight excluding hydrogens is 510 g/mol. The predicted molar refractivity (Wildman–Crippen MR) is 121 cm³/mol. The fourth-order valence-corrected chi connectivity index (χ4v) is 4.57. The van der Waals surface area contributed by atoms with E-state index in [4.69, 9.17) is 28.0 Å². The average Bonchev–Trinajstić information content (AvgIpc) is 3.32. The van der Waals surface area contributed by atoms with E-state index in [9.17, 15) is 27.6 Å². The van der Waals surface area contributed by atoms with Gasteiger partial charge in [0.25, 0.3) is 17.4 Å². The van der Waals surface area contributed by atoms with Crippen LogP contribution in [0.5, 0.6) is 0 Å². The molecule has 0 bridgehead atoms. The molecular formula is C23H18Cl2F3N3O4. The Morgan fingerprint density at radius 3 is 2.37 bits per heavy atom. The Balaban J connectivity index is 1.57. The predicted octanol–water partition coefficient (Wildman–Crippen LogP) is 4.37. The fourth-order valence-electron chi connectivity index (χ4n) is 4.05. The second-order valence-electron chi connectivity index (χ2n) is 8.34. The smallest absolute Gasteiger partial charge is 0.374 e. The first-order valence-electron chi connectivity index (χ1n) is 10.3. The minimum absolute atomic E-state index is 0.0201. The SMILES string of the molecule is Cc1cc(C2=NOC(c3cc(Cl)cc(Cl)c3)(C(F)(F)F)C2)ccc1C(=O)N[C@@H]1CC(=O)N(C)C1=O. The number of carbonyl (C=O) groups is 3. The molecule has 0 saturated carbocycles. The van der Waals surface area contributed by atoms with Crippen molar-refractivity contribution in [2.75, 3.05) is 7.05 Å². The highest BCUT2D eigenvalue weighted by Crippen LogP contribution is 2.49. The number of likely N-dealkylation sites (tertiary alicyclic amines) is 1. The maximum atomic E-state index is 14.2. The molecule has 12 heteroatoms. The van der Waals surface area contributed by atoms with E-state index in [1.54, 1.807) is 6.92 Å². The first-order valence-corrected chi connectivity index (χ1v) is 11.1. The lowest BCUT2D eigenvalue weighted by molar-refractivity contribution is -0.275. The van der Waals surface area contributed by atoms with Crippen molar-refractivity contribution in [3.8, 4) is 0 Å². The van der Waals surface area contributed by atoms with Crippen LogP contribution in [0.1, 0.15) is 39.9 Å². The quantitative estimate of drug-likeness (QED) is 0.598. The molecule has 2 aliphatic rings. The van der Waals surface area contributed by atoms with Crippen molar-refractivity contribution < 1.29 is 32.4 Å². The number of likely N-dealkylation sites (N-methyl/N-ethyl adjacent to an activating group) is 1. The Kier molecular flexibility index (Phi) is 6.31. The van der Waals surface area contributed by atoms with Gasteiger partial charge in [-0.25, -0.2) is 0 Å². The zero-order valence-corrected chi connectivity index (χ0v) is 19.9. The van der Waals surface area contributed by atoms with E-state index in [0.29, 0.717) is 11.1 Å². The van der Waals surface area contributed by atoms with Crippen molar-refractivity contribution in [3.05, 3.63) is 68.7 Å². The molecule has 1 saturated heterocycles. The van der Waals surface area contributed by atoms with Gasteiger partial charge in [-0.1, -0.05) is 34.4 Å². The summed E-state index contributed by atoms with van der Waals surface area (Å²) in [4.78, 5) is 42.3. The lowest BCUT2D eigenvalue weighted by Gasteiger charge is -2.29. The third kappa shape index (κ3) is 4.48. The van der Waals surface area contributed by atoms with Crippen LogP contribution in [-0.2, 0) is 20.0 Å². The maximum absolute atomic E-state index is 14.2. The van der Waals surface area contributed by atoms with Crippen molar-refractivity contribution in [3.63, 3.8) is 0 Å². The van der Waals surface area contributed by atoms with Crippen LogP contribution in [-0.4, -0.2) is 47.6 Å². The van der Waals surface area contributed by atoms with Gasteiger partial charge in [0.2, 0.25) is 5.91 Å². The number of rotatable bonds is 4. The van der Waals surface area contributed by atoms with Crippen LogP contribution in [0.15, 0.2) is 41.6 Å². The van der Waals surface area contributed by atoms with Gasteiger partial charge in [0, 0.05) is 34.6 Å². The molecule has 2 aromatic rings. The summed E-state index contributed by atoms with van der Waals surface area (Å²) < 4.78 is 42.6. The van der Waals surface area contributed by atoms with E-state index >= 15 is 0 Å². The lowest BCUT2D eigenvalue weighted by Crippen LogP contribution is -2.42. The number of hydrogen-bond acceptors (Lipinski definition) is 5. The van der Waals surface area contributed by atoms with Crippen molar-refractivity contribution in [2.45, 2.75) is 37.6 Å². The number of nitrogens with one attached hydrogen (secondary N) is 1. The molecule has 184 valence electrons. The molecule has 0 radical (unpaired) electrons. The number of carbonyl (C=O) groups excluding carboxylic acids is 3. The van der Waals surface area contributed by atoms with Crippen LogP contribution in [0.2, 0.25) is 10.0 Å². The molecule has 7 nitrogen and oxygen atoms in total. The van der Waals surface area contributed by atoms with Gasteiger partial charge >= 0.3 is 6.18 Å². The molecule has 4 rings (SSSR count). The molecule has 0 spiro atoms. The minimum atomic E-state index is -4.83. The summed E-state index contributed by atoms with van der Waals surface area (Å²) in [6, 6.07) is 6.96. The molecule has 0 aromatic heterocycles. The second-order valence-corrected chi connectivity index (χ2v) is 9.21. The van der Waals surface area contributed by atoms with Gasteiger partial charge in [0.15, 0.2) is 0 Å². The van der Waals surface area contributed by atoms with Gasteiger partial charge in [0.1, 0.15) is 6.04 Å². The number of oxime groups is 1. The molecule has 1 N–H and O–H groups in total. The Hall–Kier alpha value is -3.11. The number of alkyl halides is 3. The summed E-state index contributed by atoms with van der Waals surface area (Å²) in [5.74, 6) is -1.50. The first kappa shape index (κ1) is 25.0. The molecule has 2 aliphatic heterocycles. The van der Waals surface area contributed by atoms with Crippen molar-refractivity contribution >= 4 is 46.6 Å². The molecule has 2 atom stereocenters. The number of benzene rings is 2. The Morgan fingerprint density at radius 2 is 1.83 bits per heavy atom. The first-order chi connectivity index (χ1) is 16.3. The third-order valence-electron chi connectivity index (χ3n) is 6.01. The van der Waals surface area contributed by atoms with E-state index in [-0.39, 0.29) is 33.3 Å². The third-order valence-corrected chi connectivity index (χ3v) is 6.44. The molecule has 1 unspecified atom stereocenters. The van der Waals surface area contributed by atoms with Gasteiger partial charge in [-0.05, 0) is 48.4 Å². The largest absolute Gasteiger partial charge is 0.435 e. The number of amides is 3. The van der Waals surface area contributed by atoms with Crippen LogP contribution in [0.25, 0.3) is 0 Å². The Labute approximate surface area is 207 Å². The summed E-state index contributed by atoms with van der Waals surface area (Å²) in [6.45, 7) is 1.59. The Bertz CT molecular complexity index is 1260. The zero-order chi connectivity index (χ0) is 25.7. The Morgan fingerprint density at radius 1 is 1.17 bits per heavy atom. The van der Waals surface area contributed by atoms with Crippen LogP contribution >= 0.6 is 23.2 Å². The molecule has 0 aliphatic carbocycles. The van der Waals surface area contributed by atoms with Crippen molar-refractivity contribution in [2.24, 2.45) is 5.16 Å². The van der Waals surface area contributed by atoms with Crippen LogP contribution in [0.4, 0.5) is 13.2 Å². The molecule has 35 heavy (non-hydrogen) atoms. The monoisotopic (exact) mass is 527 g/mol. The molecule has 2 aromatic carbocycles. The summed E-state index contributed by atoms with van der Waals surface area (Å²) in [5.41, 5.74) is -2.08. The van der Waals surface area contributed by atoms with E-state index in [2.05, 4.69) is 10.5 Å². The van der Waals surface area contributed by atoms with Gasteiger partial charge in [-0.2, -0.15) is 13.2 Å².